The average molecular weight is 1350 g/mol. The van der Waals surface area contributed by atoms with Gasteiger partial charge in [-0.05, 0) is 467 Å². The van der Waals surface area contributed by atoms with Gasteiger partial charge in [-0.15, -0.1) is 0 Å². The molecule has 0 aliphatic heterocycles. The normalized spacial score (nSPS) is 28.0. The third kappa shape index (κ3) is 17.8. The quantitative estimate of drug-likeness (QED) is 0.175. The summed E-state index contributed by atoms with van der Waals surface area (Å²) in [6.07, 6.45) is 39.7. The highest BCUT2D eigenvalue weighted by Crippen LogP contribution is 2.64. The Kier molecular flexibility index (Phi) is 24.7. The van der Waals surface area contributed by atoms with Gasteiger partial charge >= 0.3 is 0 Å². The van der Waals surface area contributed by atoms with Crippen molar-refractivity contribution in [3.8, 4) is 0 Å². The number of aryl methyl sites for hydroxylation is 15. The number of benzene rings is 2. The fourth-order valence-corrected chi connectivity index (χ4v) is 21.7. The summed E-state index contributed by atoms with van der Waals surface area (Å²) in [5.74, 6) is 12.4. The van der Waals surface area contributed by atoms with Crippen molar-refractivity contribution in [2.45, 2.75) is 283 Å². The fraction of sp³-hybridized carbons (Fsp3) is 0.558. The molecular formula is C95H128N6. The second kappa shape index (κ2) is 33.0. The number of hydrogen-bond donors (Lipinski definition) is 0. The van der Waals surface area contributed by atoms with E-state index in [0.29, 0.717) is 10.8 Å². The summed E-state index contributed by atoms with van der Waals surface area (Å²) in [6, 6.07) is 31.3. The van der Waals surface area contributed by atoms with E-state index in [2.05, 4.69) is 181 Å². The second-order valence-corrected chi connectivity index (χ2v) is 34.6. The van der Waals surface area contributed by atoms with Gasteiger partial charge in [-0.2, -0.15) is 0 Å². The smallest absolute Gasteiger partial charge is 0.0407 e. The molecule has 12 fully saturated rings. The number of aromatic nitrogens is 6. The van der Waals surface area contributed by atoms with Gasteiger partial charge in [0.15, 0.2) is 0 Å². The molecule has 0 amide bonds. The van der Waals surface area contributed by atoms with Gasteiger partial charge in [0.25, 0.3) is 0 Å². The summed E-state index contributed by atoms with van der Waals surface area (Å²) in [5.41, 5.74) is 32.5. The topological polar surface area (TPSA) is 77.3 Å². The van der Waals surface area contributed by atoms with Crippen molar-refractivity contribution in [3.05, 3.63) is 245 Å². The first-order valence-electron chi connectivity index (χ1n) is 39.8. The van der Waals surface area contributed by atoms with Crippen LogP contribution >= 0.6 is 0 Å². The zero-order valence-electron chi connectivity index (χ0n) is 66.2. The van der Waals surface area contributed by atoms with E-state index in [0.717, 1.165) is 111 Å². The molecule has 101 heavy (non-hydrogen) atoms. The molecule has 0 radical (unpaired) electrons. The van der Waals surface area contributed by atoms with E-state index in [1.807, 2.05) is 96.8 Å². The minimum absolute atomic E-state index is 0.581. The molecule has 0 unspecified atom stereocenters. The van der Waals surface area contributed by atoms with E-state index in [1.54, 1.807) is 97.6 Å². The van der Waals surface area contributed by atoms with Gasteiger partial charge in [0, 0.05) is 70.8 Å². The van der Waals surface area contributed by atoms with Crippen molar-refractivity contribution >= 4 is 0 Å². The molecular weight excluding hydrogens is 1230 g/mol. The lowest BCUT2D eigenvalue weighted by Gasteiger charge is -2.56. The Morgan fingerprint density at radius 2 is 0.752 bits per heavy atom. The first kappa shape index (κ1) is 75.5. The standard InChI is InChI=1S/C27H36.C21H28.C9H13N.3C8H11N.2C7H9N/c1-15-24(26-20-7-16-5-17(9-20)10-21(26)8-16)3-2-4-25(15)27-22-11-18-6-19(13-22)14-23(27)12-18;1-15-18(20-9-5-16(13-20)6-10-20)3-2-4-19(15)21-11-7-17(14-21)8-12-21;1-6-5-7(2)10-9(4)8(6)3;1-6-4-8(3)9-5-7(6)2;1-6-4-5-9-8(3)7(6)2;1-6-4-5-7(2)9-8(6)3;1-6-3-4-8-5-7(6)2;1-6-4-3-5-8-7(6)2/h2-4,16-23,26-27H,5-14H2,1H3;2-4,16-17H,5-14H2,1H3;5H,1-4H3;3*4-5H,1-3H3;2*3-5H,1-2H3. The highest BCUT2D eigenvalue weighted by Gasteiger charge is 2.53. The molecule has 6 heterocycles. The summed E-state index contributed by atoms with van der Waals surface area (Å²) in [4.78, 5) is 24.9. The minimum atomic E-state index is 0.581. The molecule has 538 valence electrons. The number of nitrogens with zero attached hydrogens (tertiary/aromatic N) is 6. The largest absolute Gasteiger partial charge is 0.264 e. The van der Waals surface area contributed by atoms with Crippen molar-refractivity contribution in [1.82, 2.24) is 29.9 Å². The molecule has 12 aliphatic carbocycles. The Labute approximate surface area is 612 Å². The number of rotatable bonds is 4. The lowest BCUT2D eigenvalue weighted by atomic mass is 9.49. The van der Waals surface area contributed by atoms with Crippen LogP contribution in [0.3, 0.4) is 0 Å². The molecule has 0 atom stereocenters. The molecule has 8 aromatic rings. The monoisotopic (exact) mass is 1350 g/mol. The summed E-state index contributed by atoms with van der Waals surface area (Å²) < 4.78 is 0. The zero-order valence-corrected chi connectivity index (χ0v) is 66.2. The molecule has 6 nitrogen and oxygen atoms in total. The summed E-state index contributed by atoms with van der Waals surface area (Å²) in [7, 11) is 0. The van der Waals surface area contributed by atoms with Crippen LogP contribution in [0.4, 0.5) is 0 Å². The van der Waals surface area contributed by atoms with Crippen LogP contribution in [-0.4, -0.2) is 29.9 Å². The number of fused-ring (bicyclic) bond motifs is 4. The maximum atomic E-state index is 4.33. The van der Waals surface area contributed by atoms with Gasteiger partial charge < -0.3 is 0 Å². The highest BCUT2D eigenvalue weighted by molar-refractivity contribution is 5.46. The Hall–Kier alpha value is -6.66. The molecule has 0 N–H and O–H groups in total. The van der Waals surface area contributed by atoms with Crippen molar-refractivity contribution in [1.29, 1.82) is 0 Å². The van der Waals surface area contributed by atoms with Gasteiger partial charge in [-0.25, -0.2) is 0 Å². The van der Waals surface area contributed by atoms with Gasteiger partial charge in [0.2, 0.25) is 0 Å². The van der Waals surface area contributed by atoms with Crippen LogP contribution < -0.4 is 0 Å². The van der Waals surface area contributed by atoms with E-state index in [4.69, 9.17) is 0 Å². The minimum Gasteiger partial charge on any atom is -0.264 e. The molecule has 0 spiro atoms. The predicted molar refractivity (Wildman–Crippen MR) is 424 cm³/mol. The van der Waals surface area contributed by atoms with Crippen molar-refractivity contribution in [3.63, 3.8) is 0 Å². The predicted octanol–water partition coefficient (Wildman–Crippen LogP) is 24.5. The summed E-state index contributed by atoms with van der Waals surface area (Å²) >= 11 is 0. The zero-order chi connectivity index (χ0) is 72.0. The van der Waals surface area contributed by atoms with Crippen LogP contribution in [0.1, 0.15) is 269 Å². The third-order valence-electron chi connectivity index (χ3n) is 27.8. The molecule has 6 heteroatoms. The van der Waals surface area contributed by atoms with Gasteiger partial charge in [0.1, 0.15) is 0 Å². The van der Waals surface area contributed by atoms with E-state index >= 15 is 0 Å². The van der Waals surface area contributed by atoms with E-state index < -0.39 is 0 Å². The van der Waals surface area contributed by atoms with Crippen LogP contribution in [0.25, 0.3) is 0 Å². The van der Waals surface area contributed by atoms with E-state index in [1.165, 1.54) is 120 Å². The van der Waals surface area contributed by atoms with E-state index in [-0.39, 0.29) is 0 Å². The SMILES string of the molecule is Cc1c(C23CCC(CC2)C3)cccc1C12CCC(CC1)C2.Cc1c(C2C3CC4CC(C3)CC2C4)cccc1C1C2CC3CC(C2)CC1C3.Cc1cc(C)c(C)c(C)n1.Cc1cc(C)c(C)cn1.Cc1ccc(C)c(C)n1.Cc1cccnc1C.Cc1ccnc(C)c1C.Cc1ccncc1C. The molecule has 0 saturated heterocycles. The number of pyridine rings is 6. The maximum absolute atomic E-state index is 4.33. The second-order valence-electron chi connectivity index (χ2n) is 34.6. The van der Waals surface area contributed by atoms with Gasteiger partial charge in [-0.1, -0.05) is 48.5 Å². The molecule has 20 rings (SSSR count). The Morgan fingerprint density at radius 3 is 1.14 bits per heavy atom. The number of hydrogen-bond acceptors (Lipinski definition) is 6. The first-order chi connectivity index (χ1) is 48.3. The molecule has 6 aromatic heterocycles. The van der Waals surface area contributed by atoms with Crippen molar-refractivity contribution < 1.29 is 0 Å². The molecule has 12 bridgehead atoms. The maximum Gasteiger partial charge on any atom is 0.0407 e. The Bertz CT molecular complexity index is 3750. The lowest BCUT2D eigenvalue weighted by molar-refractivity contribution is -0.00538. The lowest BCUT2D eigenvalue weighted by Crippen LogP contribution is -2.45. The van der Waals surface area contributed by atoms with Crippen molar-refractivity contribution in [2.75, 3.05) is 0 Å². The van der Waals surface area contributed by atoms with Gasteiger partial charge in [-0.3, -0.25) is 29.9 Å². The Morgan fingerprint density at radius 1 is 0.297 bits per heavy atom. The highest BCUT2D eigenvalue weighted by atomic mass is 14.7. The van der Waals surface area contributed by atoms with Crippen LogP contribution in [0.15, 0.2) is 116 Å². The van der Waals surface area contributed by atoms with Crippen LogP contribution in [0.2, 0.25) is 0 Å². The average Bonchev–Trinajstić information content (AvgIpc) is 1.73. The van der Waals surface area contributed by atoms with E-state index in [9.17, 15) is 0 Å². The summed E-state index contributed by atoms with van der Waals surface area (Å²) in [6.45, 7) is 40.0. The molecule has 2 aromatic carbocycles. The molecule has 12 saturated carbocycles. The first-order valence-corrected chi connectivity index (χ1v) is 39.8. The molecule has 12 aliphatic rings. The Balaban J connectivity index is 0.000000123. The van der Waals surface area contributed by atoms with Crippen molar-refractivity contribution in [2.24, 2.45) is 59.2 Å². The van der Waals surface area contributed by atoms with Crippen LogP contribution in [-0.2, 0) is 10.8 Å². The summed E-state index contributed by atoms with van der Waals surface area (Å²) in [5, 5.41) is 0. The third-order valence-corrected chi connectivity index (χ3v) is 27.8. The van der Waals surface area contributed by atoms with Crippen LogP contribution in [0, 0.1) is 191 Å². The van der Waals surface area contributed by atoms with Crippen LogP contribution in [0.5, 0.6) is 0 Å². The fourth-order valence-electron chi connectivity index (χ4n) is 21.7. The van der Waals surface area contributed by atoms with Gasteiger partial charge in [0.05, 0.1) is 0 Å².